The number of imidazole rings is 1. The maximum Gasteiger partial charge on any atom is 0.109 e. The monoisotopic (exact) mass is 221 g/mol. The Balaban J connectivity index is 2.20. The van der Waals surface area contributed by atoms with Crippen LogP contribution in [0.1, 0.15) is 62.7 Å². The summed E-state index contributed by atoms with van der Waals surface area (Å²) in [5.74, 6) is 2.39. The van der Waals surface area contributed by atoms with E-state index in [2.05, 4.69) is 31.1 Å². The van der Waals surface area contributed by atoms with Gasteiger partial charge in [0.2, 0.25) is 0 Å². The molecular weight excluding hydrogens is 198 g/mol. The Labute approximate surface area is 98.1 Å². The summed E-state index contributed by atoms with van der Waals surface area (Å²) < 4.78 is 0. The van der Waals surface area contributed by atoms with Gasteiger partial charge in [0.1, 0.15) is 5.82 Å². The number of aromatic amines is 1. The van der Waals surface area contributed by atoms with Crippen molar-refractivity contribution in [3.8, 4) is 0 Å². The molecule has 0 aliphatic carbocycles. The third kappa shape index (κ3) is 2.29. The van der Waals surface area contributed by atoms with Gasteiger partial charge < -0.3 is 10.3 Å². The topological polar surface area (TPSA) is 40.7 Å². The van der Waals surface area contributed by atoms with Gasteiger partial charge in [0, 0.05) is 11.6 Å². The molecule has 90 valence electrons. The summed E-state index contributed by atoms with van der Waals surface area (Å²) in [5.41, 5.74) is 2.61. The number of aromatic nitrogens is 2. The maximum atomic E-state index is 4.82. The van der Waals surface area contributed by atoms with E-state index in [0.29, 0.717) is 11.8 Å². The minimum atomic E-state index is 0.529. The fourth-order valence-electron chi connectivity index (χ4n) is 2.48. The van der Waals surface area contributed by atoms with Crippen molar-refractivity contribution >= 4 is 0 Å². The predicted molar refractivity (Wildman–Crippen MR) is 66.9 cm³/mol. The first-order chi connectivity index (χ1) is 7.72. The van der Waals surface area contributed by atoms with E-state index in [1.807, 2.05) is 0 Å². The molecule has 1 aliphatic rings. The number of hydrogen-bond donors (Lipinski definition) is 2. The summed E-state index contributed by atoms with van der Waals surface area (Å²) in [6.07, 6.45) is 3.49. The molecule has 0 saturated carbocycles. The molecule has 0 radical (unpaired) electrons. The minimum absolute atomic E-state index is 0.529. The van der Waals surface area contributed by atoms with Gasteiger partial charge in [0.05, 0.1) is 5.69 Å². The number of rotatable bonds is 3. The Morgan fingerprint density at radius 1 is 1.31 bits per heavy atom. The summed E-state index contributed by atoms with van der Waals surface area (Å²) in [6, 6.07) is 0. The summed E-state index contributed by atoms with van der Waals surface area (Å²) in [6.45, 7) is 8.91. The Morgan fingerprint density at radius 3 is 2.50 bits per heavy atom. The second-order valence-electron chi connectivity index (χ2n) is 5.02. The molecule has 0 atom stereocenters. The van der Waals surface area contributed by atoms with E-state index >= 15 is 0 Å². The molecule has 1 aromatic rings. The summed E-state index contributed by atoms with van der Waals surface area (Å²) in [4.78, 5) is 8.36. The van der Waals surface area contributed by atoms with Gasteiger partial charge in [-0.05, 0) is 38.3 Å². The fraction of sp³-hybridized carbons (Fsp3) is 0.769. The van der Waals surface area contributed by atoms with Crippen molar-refractivity contribution in [2.24, 2.45) is 0 Å². The number of H-pyrrole nitrogens is 1. The van der Waals surface area contributed by atoms with Crippen LogP contribution in [0.3, 0.4) is 0 Å². The summed E-state index contributed by atoms with van der Waals surface area (Å²) in [7, 11) is 0. The van der Waals surface area contributed by atoms with Crippen LogP contribution in [-0.4, -0.2) is 23.1 Å². The van der Waals surface area contributed by atoms with Gasteiger partial charge >= 0.3 is 0 Å². The van der Waals surface area contributed by atoms with Crippen molar-refractivity contribution in [3.63, 3.8) is 0 Å². The molecule has 2 N–H and O–H groups in total. The smallest absolute Gasteiger partial charge is 0.109 e. The van der Waals surface area contributed by atoms with E-state index in [-0.39, 0.29) is 0 Å². The molecular formula is C13H23N3. The second-order valence-corrected chi connectivity index (χ2v) is 5.02. The lowest BCUT2D eigenvalue weighted by Gasteiger charge is -2.20. The lowest BCUT2D eigenvalue weighted by molar-refractivity contribution is 0.446. The SMILES string of the molecule is CCc1[nH]c(C2CCNCC2)nc1C(C)C. The largest absolute Gasteiger partial charge is 0.345 e. The molecule has 0 unspecified atom stereocenters. The molecule has 2 rings (SSSR count). The normalized spacial score (nSPS) is 18.2. The van der Waals surface area contributed by atoms with Crippen molar-refractivity contribution in [2.75, 3.05) is 13.1 Å². The van der Waals surface area contributed by atoms with Gasteiger partial charge in [-0.25, -0.2) is 4.98 Å². The first-order valence-electron chi connectivity index (χ1n) is 6.51. The molecule has 0 aromatic carbocycles. The zero-order valence-corrected chi connectivity index (χ0v) is 10.6. The molecule has 1 aliphatic heterocycles. The van der Waals surface area contributed by atoms with Crippen LogP contribution in [0.5, 0.6) is 0 Å². The first-order valence-corrected chi connectivity index (χ1v) is 6.51. The highest BCUT2D eigenvalue weighted by atomic mass is 15.0. The van der Waals surface area contributed by atoms with E-state index in [4.69, 9.17) is 4.98 Å². The maximum absolute atomic E-state index is 4.82. The third-order valence-corrected chi connectivity index (χ3v) is 3.46. The number of nitrogens with one attached hydrogen (secondary N) is 2. The minimum Gasteiger partial charge on any atom is -0.345 e. The van der Waals surface area contributed by atoms with Crippen molar-refractivity contribution in [1.82, 2.24) is 15.3 Å². The average Bonchev–Trinajstić information content (AvgIpc) is 2.74. The van der Waals surface area contributed by atoms with Crippen LogP contribution < -0.4 is 5.32 Å². The van der Waals surface area contributed by atoms with E-state index in [1.165, 1.54) is 30.1 Å². The lowest BCUT2D eigenvalue weighted by atomic mass is 9.97. The molecule has 0 bridgehead atoms. The van der Waals surface area contributed by atoms with Crippen LogP contribution in [0.2, 0.25) is 0 Å². The zero-order chi connectivity index (χ0) is 11.5. The molecule has 16 heavy (non-hydrogen) atoms. The van der Waals surface area contributed by atoms with E-state index < -0.39 is 0 Å². The standard InChI is InChI=1S/C13H23N3/c1-4-11-12(9(2)3)16-13(15-11)10-5-7-14-8-6-10/h9-10,14H,4-8H2,1-3H3,(H,15,16). The molecule has 1 saturated heterocycles. The van der Waals surface area contributed by atoms with Crippen molar-refractivity contribution in [3.05, 3.63) is 17.2 Å². The summed E-state index contributed by atoms with van der Waals surface area (Å²) in [5, 5.41) is 3.40. The Hall–Kier alpha value is -0.830. The second kappa shape index (κ2) is 5.00. The molecule has 1 fully saturated rings. The molecule has 0 amide bonds. The third-order valence-electron chi connectivity index (χ3n) is 3.46. The van der Waals surface area contributed by atoms with Crippen LogP contribution in [0.4, 0.5) is 0 Å². The summed E-state index contributed by atoms with van der Waals surface area (Å²) >= 11 is 0. The highest BCUT2D eigenvalue weighted by Gasteiger charge is 2.20. The lowest BCUT2D eigenvalue weighted by Crippen LogP contribution is -2.27. The molecule has 0 spiro atoms. The van der Waals surface area contributed by atoms with Crippen LogP contribution in [0.15, 0.2) is 0 Å². The first kappa shape index (κ1) is 11.6. The van der Waals surface area contributed by atoms with E-state index in [9.17, 15) is 0 Å². The van der Waals surface area contributed by atoms with Crippen LogP contribution in [0.25, 0.3) is 0 Å². The van der Waals surface area contributed by atoms with Gasteiger partial charge in [0.25, 0.3) is 0 Å². The molecule has 1 aromatic heterocycles. The Bertz CT molecular complexity index is 335. The zero-order valence-electron chi connectivity index (χ0n) is 10.6. The highest BCUT2D eigenvalue weighted by molar-refractivity contribution is 5.20. The number of aryl methyl sites for hydroxylation is 1. The Kier molecular flexibility index (Phi) is 3.64. The number of nitrogens with zero attached hydrogens (tertiary/aromatic N) is 1. The van der Waals surface area contributed by atoms with Crippen molar-refractivity contribution < 1.29 is 0 Å². The molecule has 3 heteroatoms. The number of piperidine rings is 1. The highest BCUT2D eigenvalue weighted by Crippen LogP contribution is 2.26. The van der Waals surface area contributed by atoms with E-state index in [0.717, 1.165) is 19.5 Å². The van der Waals surface area contributed by atoms with Gasteiger partial charge in [-0.15, -0.1) is 0 Å². The predicted octanol–water partition coefficient (Wildman–Crippen LogP) is 2.56. The molecule has 2 heterocycles. The van der Waals surface area contributed by atoms with Gasteiger partial charge in [-0.3, -0.25) is 0 Å². The molecule has 3 nitrogen and oxygen atoms in total. The van der Waals surface area contributed by atoms with Crippen LogP contribution in [-0.2, 0) is 6.42 Å². The van der Waals surface area contributed by atoms with E-state index in [1.54, 1.807) is 0 Å². The quantitative estimate of drug-likeness (QED) is 0.823. The van der Waals surface area contributed by atoms with Crippen molar-refractivity contribution in [2.45, 2.75) is 51.9 Å². The van der Waals surface area contributed by atoms with Gasteiger partial charge in [-0.1, -0.05) is 20.8 Å². The van der Waals surface area contributed by atoms with Crippen LogP contribution in [0, 0.1) is 0 Å². The number of hydrogen-bond acceptors (Lipinski definition) is 2. The van der Waals surface area contributed by atoms with Crippen LogP contribution >= 0.6 is 0 Å². The Morgan fingerprint density at radius 2 is 2.00 bits per heavy atom. The van der Waals surface area contributed by atoms with Gasteiger partial charge in [0.15, 0.2) is 0 Å². The van der Waals surface area contributed by atoms with Gasteiger partial charge in [-0.2, -0.15) is 0 Å². The average molecular weight is 221 g/mol. The van der Waals surface area contributed by atoms with Crippen molar-refractivity contribution in [1.29, 1.82) is 0 Å². The fourth-order valence-corrected chi connectivity index (χ4v) is 2.48.